The Balaban J connectivity index is 1.49. The number of fused-ring (bicyclic) bond motifs is 1. The van der Waals surface area contributed by atoms with Crippen LogP contribution in [0.4, 0.5) is 0 Å². The minimum Gasteiger partial charge on any atom is -0.494 e. The van der Waals surface area contributed by atoms with Crippen LogP contribution in [0.1, 0.15) is 17.5 Å². The summed E-state index contributed by atoms with van der Waals surface area (Å²) in [5.74, 6) is 1.82. The van der Waals surface area contributed by atoms with Gasteiger partial charge in [-0.05, 0) is 68.0 Å². The van der Waals surface area contributed by atoms with Crippen LogP contribution in [-0.2, 0) is 18.0 Å². The molecule has 0 atom stereocenters. The Bertz CT molecular complexity index is 900. The molecule has 0 spiro atoms. The molecule has 0 aliphatic carbocycles. The van der Waals surface area contributed by atoms with Crippen molar-refractivity contribution >= 4 is 0 Å². The van der Waals surface area contributed by atoms with Crippen molar-refractivity contribution in [1.82, 2.24) is 14.5 Å². The summed E-state index contributed by atoms with van der Waals surface area (Å²) in [7, 11) is 4.15. The molecule has 0 saturated carbocycles. The second-order valence-corrected chi connectivity index (χ2v) is 7.10. The molecule has 0 N–H and O–H groups in total. The van der Waals surface area contributed by atoms with Crippen LogP contribution in [0.25, 0.3) is 17.1 Å². The number of nitrogens with zero attached hydrogens (tertiary/aromatic N) is 3. The molecule has 27 heavy (non-hydrogen) atoms. The van der Waals surface area contributed by atoms with Crippen molar-refractivity contribution in [2.24, 2.45) is 0 Å². The third-order valence-corrected chi connectivity index (χ3v) is 4.75. The number of rotatable bonds is 7. The van der Waals surface area contributed by atoms with E-state index in [0.717, 1.165) is 42.4 Å². The van der Waals surface area contributed by atoms with Crippen LogP contribution < -0.4 is 4.74 Å². The zero-order valence-corrected chi connectivity index (χ0v) is 15.9. The summed E-state index contributed by atoms with van der Waals surface area (Å²) in [4.78, 5) is 6.73. The van der Waals surface area contributed by atoms with Gasteiger partial charge in [0, 0.05) is 30.2 Å². The van der Waals surface area contributed by atoms with Gasteiger partial charge in [-0.3, -0.25) is 4.57 Å². The molecule has 2 heterocycles. The third-order valence-electron chi connectivity index (χ3n) is 4.75. The third kappa shape index (κ3) is 4.04. The Labute approximate surface area is 160 Å². The first-order valence-electron chi connectivity index (χ1n) is 9.32. The average molecular weight is 363 g/mol. The van der Waals surface area contributed by atoms with Gasteiger partial charge in [-0.15, -0.1) is 0 Å². The number of hydrogen-bond donors (Lipinski definition) is 0. The maximum absolute atomic E-state index is 5.83. The fraction of sp³-hybridized carbons (Fsp3) is 0.318. The highest BCUT2D eigenvalue weighted by molar-refractivity contribution is 5.60. The Hall–Kier alpha value is -2.63. The van der Waals surface area contributed by atoms with Gasteiger partial charge in [-0.1, -0.05) is 6.07 Å². The predicted octanol–water partition coefficient (Wildman–Crippen LogP) is 3.90. The second kappa shape index (κ2) is 7.94. The largest absolute Gasteiger partial charge is 0.494 e. The van der Waals surface area contributed by atoms with Crippen LogP contribution >= 0.6 is 0 Å². The molecule has 0 saturated heterocycles. The maximum Gasteiger partial charge on any atom is 0.144 e. The highest BCUT2D eigenvalue weighted by Gasteiger charge is 2.14. The zero-order chi connectivity index (χ0) is 18.6. The Morgan fingerprint density at radius 2 is 1.89 bits per heavy atom. The van der Waals surface area contributed by atoms with Crippen LogP contribution in [0.5, 0.6) is 5.75 Å². The highest BCUT2D eigenvalue weighted by Crippen LogP contribution is 2.27. The van der Waals surface area contributed by atoms with E-state index in [1.54, 1.807) is 0 Å². The fourth-order valence-electron chi connectivity index (χ4n) is 3.30. The number of benzene rings is 2. The van der Waals surface area contributed by atoms with E-state index >= 15 is 0 Å². The number of ether oxygens (including phenoxy) is 2. The van der Waals surface area contributed by atoms with Crippen LogP contribution in [0, 0.1) is 0 Å². The summed E-state index contributed by atoms with van der Waals surface area (Å²) in [5.41, 5.74) is 4.71. The van der Waals surface area contributed by atoms with Gasteiger partial charge in [0.2, 0.25) is 0 Å². The van der Waals surface area contributed by atoms with Crippen molar-refractivity contribution in [1.29, 1.82) is 0 Å². The van der Waals surface area contributed by atoms with E-state index in [1.807, 2.05) is 24.5 Å². The molecule has 0 radical (unpaired) electrons. The summed E-state index contributed by atoms with van der Waals surface area (Å²) in [6, 6.07) is 14.6. The smallest absolute Gasteiger partial charge is 0.144 e. The van der Waals surface area contributed by atoms with Crippen molar-refractivity contribution in [3.63, 3.8) is 0 Å². The van der Waals surface area contributed by atoms with Crippen molar-refractivity contribution < 1.29 is 9.47 Å². The lowest BCUT2D eigenvalue weighted by atomic mass is 10.1. The van der Waals surface area contributed by atoms with Gasteiger partial charge < -0.3 is 14.4 Å². The molecule has 5 heteroatoms. The average Bonchev–Trinajstić information content (AvgIpc) is 3.34. The highest BCUT2D eigenvalue weighted by atomic mass is 16.5. The molecule has 1 aromatic heterocycles. The fourth-order valence-corrected chi connectivity index (χ4v) is 3.30. The normalized spacial score (nSPS) is 13.1. The van der Waals surface area contributed by atoms with E-state index in [1.165, 1.54) is 11.1 Å². The molecule has 140 valence electrons. The molecule has 0 bridgehead atoms. The first kappa shape index (κ1) is 17.8. The first-order chi connectivity index (χ1) is 13.2. The molecule has 5 nitrogen and oxygen atoms in total. The summed E-state index contributed by atoms with van der Waals surface area (Å²) in [5, 5.41) is 0. The van der Waals surface area contributed by atoms with E-state index in [0.29, 0.717) is 13.2 Å². The van der Waals surface area contributed by atoms with Gasteiger partial charge in [0.15, 0.2) is 0 Å². The van der Waals surface area contributed by atoms with E-state index in [4.69, 9.17) is 9.47 Å². The lowest BCUT2D eigenvalue weighted by Gasteiger charge is -2.12. The molecular formula is C22H25N3O2. The molecule has 3 aromatic rings. The molecular weight excluding hydrogens is 338 g/mol. The summed E-state index contributed by atoms with van der Waals surface area (Å²) < 4.78 is 13.5. The summed E-state index contributed by atoms with van der Waals surface area (Å²) >= 11 is 0. The lowest BCUT2D eigenvalue weighted by molar-refractivity contribution is 0.134. The predicted molar refractivity (Wildman–Crippen MR) is 106 cm³/mol. The van der Waals surface area contributed by atoms with E-state index < -0.39 is 0 Å². The maximum atomic E-state index is 5.83. The topological polar surface area (TPSA) is 39.5 Å². The molecule has 0 fully saturated rings. The van der Waals surface area contributed by atoms with Gasteiger partial charge in [0.05, 0.1) is 19.8 Å². The molecule has 1 aliphatic rings. The standard InChI is InChI=1S/C22H25N3O2/c1-24(2)11-3-13-27-21-8-5-17(6-9-21)22-23-10-12-25(22)20-7-4-18-15-26-16-19(18)14-20/h4-10,12,14H,3,11,13,15-16H2,1-2H3. The Kier molecular flexibility index (Phi) is 5.23. The van der Waals surface area contributed by atoms with Crippen molar-refractivity contribution in [3.8, 4) is 22.8 Å². The Morgan fingerprint density at radius 3 is 2.70 bits per heavy atom. The quantitative estimate of drug-likeness (QED) is 0.597. The van der Waals surface area contributed by atoms with Crippen LogP contribution in [0.2, 0.25) is 0 Å². The van der Waals surface area contributed by atoms with Gasteiger partial charge in [-0.2, -0.15) is 0 Å². The molecule has 0 unspecified atom stereocenters. The van der Waals surface area contributed by atoms with Crippen LogP contribution in [0.15, 0.2) is 54.9 Å². The second-order valence-electron chi connectivity index (χ2n) is 7.10. The first-order valence-corrected chi connectivity index (χ1v) is 9.32. The summed E-state index contributed by atoms with van der Waals surface area (Å²) in [6.45, 7) is 3.15. The van der Waals surface area contributed by atoms with Crippen LogP contribution in [0.3, 0.4) is 0 Å². The van der Waals surface area contributed by atoms with Crippen molar-refractivity contribution in [2.75, 3.05) is 27.2 Å². The molecule has 4 rings (SSSR count). The minimum absolute atomic E-state index is 0.688. The van der Waals surface area contributed by atoms with Gasteiger partial charge in [0.1, 0.15) is 11.6 Å². The van der Waals surface area contributed by atoms with Crippen molar-refractivity contribution in [2.45, 2.75) is 19.6 Å². The van der Waals surface area contributed by atoms with Gasteiger partial charge in [0.25, 0.3) is 0 Å². The van der Waals surface area contributed by atoms with Crippen molar-refractivity contribution in [3.05, 3.63) is 66.0 Å². The lowest BCUT2D eigenvalue weighted by Crippen LogP contribution is -2.15. The van der Waals surface area contributed by atoms with Gasteiger partial charge >= 0.3 is 0 Å². The zero-order valence-electron chi connectivity index (χ0n) is 15.9. The van der Waals surface area contributed by atoms with E-state index in [9.17, 15) is 0 Å². The summed E-state index contributed by atoms with van der Waals surface area (Å²) in [6.07, 6.45) is 4.85. The SMILES string of the molecule is CN(C)CCCOc1ccc(-c2nccn2-c2ccc3c(c2)COC3)cc1. The van der Waals surface area contributed by atoms with E-state index in [2.05, 4.69) is 58.9 Å². The van der Waals surface area contributed by atoms with E-state index in [-0.39, 0.29) is 0 Å². The molecule has 2 aromatic carbocycles. The Morgan fingerprint density at radius 1 is 1.07 bits per heavy atom. The number of aromatic nitrogens is 2. The minimum atomic E-state index is 0.688. The number of imidazole rings is 1. The van der Waals surface area contributed by atoms with Crippen LogP contribution in [-0.4, -0.2) is 41.7 Å². The molecule has 0 amide bonds. The monoisotopic (exact) mass is 363 g/mol. The number of hydrogen-bond acceptors (Lipinski definition) is 4. The van der Waals surface area contributed by atoms with Gasteiger partial charge in [-0.25, -0.2) is 4.98 Å². The molecule has 1 aliphatic heterocycles.